The Balaban J connectivity index is 2.65. The van der Waals surface area contributed by atoms with Crippen molar-refractivity contribution in [1.82, 2.24) is 25.0 Å². The van der Waals surface area contributed by atoms with Crippen LogP contribution in [-0.4, -0.2) is 29.9 Å². The Labute approximate surface area is 98.0 Å². The van der Waals surface area contributed by atoms with Gasteiger partial charge >= 0.3 is 5.69 Å². The predicted octanol–water partition coefficient (Wildman–Crippen LogP) is 1.23. The lowest BCUT2D eigenvalue weighted by molar-refractivity contribution is -0.383. The van der Waals surface area contributed by atoms with Crippen LogP contribution < -0.4 is 0 Å². The van der Waals surface area contributed by atoms with Gasteiger partial charge in [-0.15, -0.1) is 5.10 Å². The standard InChI is InChI=1S/C8H3ClN6O2/c9-5-4-2-1-3-10-7(4)14-8(11-12-13-14)6(5)15(16)17/h1-3H. The van der Waals surface area contributed by atoms with Crippen molar-refractivity contribution >= 4 is 34.0 Å². The highest BCUT2D eigenvalue weighted by Crippen LogP contribution is 2.33. The highest BCUT2D eigenvalue weighted by molar-refractivity contribution is 6.38. The molecule has 0 saturated carbocycles. The van der Waals surface area contributed by atoms with E-state index in [1.165, 1.54) is 10.7 Å². The number of nitro groups is 1. The van der Waals surface area contributed by atoms with Crippen LogP contribution in [0.3, 0.4) is 0 Å². The maximum absolute atomic E-state index is 11.0. The Morgan fingerprint density at radius 2 is 2.24 bits per heavy atom. The van der Waals surface area contributed by atoms with Crippen molar-refractivity contribution in [3.63, 3.8) is 0 Å². The summed E-state index contributed by atoms with van der Waals surface area (Å²) in [4.78, 5) is 14.4. The van der Waals surface area contributed by atoms with E-state index >= 15 is 0 Å². The number of nitrogens with zero attached hydrogens (tertiary/aromatic N) is 6. The molecule has 3 aromatic rings. The molecule has 0 radical (unpaired) electrons. The summed E-state index contributed by atoms with van der Waals surface area (Å²) in [6.45, 7) is 0. The molecule has 0 aliphatic heterocycles. The van der Waals surface area contributed by atoms with Crippen LogP contribution in [0, 0.1) is 10.1 Å². The molecule has 0 spiro atoms. The third-order valence-corrected chi connectivity index (χ3v) is 2.68. The molecule has 0 atom stereocenters. The minimum atomic E-state index is -0.611. The monoisotopic (exact) mass is 250 g/mol. The summed E-state index contributed by atoms with van der Waals surface area (Å²) in [5, 5.41) is 22.0. The minimum Gasteiger partial charge on any atom is -0.258 e. The topological polar surface area (TPSA) is 99.1 Å². The van der Waals surface area contributed by atoms with Gasteiger partial charge in [0.25, 0.3) is 5.65 Å². The normalized spacial score (nSPS) is 11.1. The van der Waals surface area contributed by atoms with E-state index in [2.05, 4.69) is 20.5 Å². The summed E-state index contributed by atoms with van der Waals surface area (Å²) in [6, 6.07) is 3.26. The third kappa shape index (κ3) is 1.24. The van der Waals surface area contributed by atoms with Crippen LogP contribution in [0.4, 0.5) is 5.69 Å². The van der Waals surface area contributed by atoms with Gasteiger partial charge in [-0.05, 0) is 22.6 Å². The van der Waals surface area contributed by atoms with Gasteiger partial charge in [0.15, 0.2) is 5.65 Å². The molecule has 84 valence electrons. The molecule has 3 aromatic heterocycles. The maximum atomic E-state index is 11.0. The fourth-order valence-corrected chi connectivity index (χ4v) is 1.90. The van der Waals surface area contributed by atoms with Crippen molar-refractivity contribution in [2.45, 2.75) is 0 Å². The quantitative estimate of drug-likeness (QED) is 0.476. The van der Waals surface area contributed by atoms with Gasteiger partial charge in [-0.1, -0.05) is 11.6 Å². The molecule has 0 bridgehead atoms. The van der Waals surface area contributed by atoms with Gasteiger partial charge in [0.2, 0.25) is 0 Å². The van der Waals surface area contributed by atoms with E-state index in [0.717, 1.165) is 0 Å². The van der Waals surface area contributed by atoms with Crippen LogP contribution in [0.2, 0.25) is 5.02 Å². The van der Waals surface area contributed by atoms with Crippen molar-refractivity contribution < 1.29 is 4.92 Å². The molecule has 0 unspecified atom stereocenters. The highest BCUT2D eigenvalue weighted by atomic mass is 35.5. The third-order valence-electron chi connectivity index (χ3n) is 2.30. The average Bonchev–Trinajstić information content (AvgIpc) is 2.78. The number of halogens is 1. The van der Waals surface area contributed by atoms with Crippen molar-refractivity contribution in [3.8, 4) is 0 Å². The molecule has 0 fully saturated rings. The van der Waals surface area contributed by atoms with Crippen molar-refractivity contribution in [3.05, 3.63) is 33.5 Å². The number of hydrogen-bond donors (Lipinski definition) is 0. The average molecular weight is 251 g/mol. The van der Waals surface area contributed by atoms with Crippen LogP contribution in [0.5, 0.6) is 0 Å². The molecule has 8 nitrogen and oxygen atoms in total. The van der Waals surface area contributed by atoms with Crippen LogP contribution >= 0.6 is 11.6 Å². The Morgan fingerprint density at radius 1 is 1.41 bits per heavy atom. The van der Waals surface area contributed by atoms with Gasteiger partial charge in [0.05, 0.1) is 4.92 Å². The minimum absolute atomic E-state index is 0.0135. The molecule has 0 amide bonds. The van der Waals surface area contributed by atoms with Gasteiger partial charge in [0, 0.05) is 11.6 Å². The summed E-state index contributed by atoms with van der Waals surface area (Å²) in [6.07, 6.45) is 1.53. The zero-order valence-electron chi connectivity index (χ0n) is 8.11. The number of tetrazole rings is 1. The molecule has 17 heavy (non-hydrogen) atoms. The molecule has 0 aliphatic carbocycles. The summed E-state index contributed by atoms with van der Waals surface area (Å²) < 4.78 is 1.19. The van der Waals surface area contributed by atoms with E-state index in [1.807, 2.05) is 0 Å². The van der Waals surface area contributed by atoms with Crippen LogP contribution in [0.25, 0.3) is 16.7 Å². The molecule has 3 heterocycles. The zero-order valence-corrected chi connectivity index (χ0v) is 8.87. The molecular formula is C8H3ClN6O2. The summed E-state index contributed by atoms with van der Waals surface area (Å²) in [7, 11) is 0. The van der Waals surface area contributed by atoms with Crippen LogP contribution in [0.1, 0.15) is 0 Å². The Bertz CT molecular complexity index is 754. The fraction of sp³-hybridized carbons (Fsp3) is 0. The summed E-state index contributed by atoms with van der Waals surface area (Å²) in [5.74, 6) is 0. The molecule has 0 N–H and O–H groups in total. The van der Waals surface area contributed by atoms with E-state index in [4.69, 9.17) is 11.6 Å². The second kappa shape index (κ2) is 3.32. The van der Waals surface area contributed by atoms with Gasteiger partial charge < -0.3 is 0 Å². The van der Waals surface area contributed by atoms with Crippen molar-refractivity contribution in [2.24, 2.45) is 0 Å². The first-order chi connectivity index (χ1) is 8.20. The predicted molar refractivity (Wildman–Crippen MR) is 57.7 cm³/mol. The lowest BCUT2D eigenvalue weighted by Gasteiger charge is -2.02. The van der Waals surface area contributed by atoms with Gasteiger partial charge in [-0.25, -0.2) is 4.98 Å². The van der Waals surface area contributed by atoms with E-state index in [1.54, 1.807) is 12.1 Å². The Morgan fingerprint density at radius 3 is 3.00 bits per heavy atom. The lowest BCUT2D eigenvalue weighted by atomic mass is 10.2. The Hall–Kier alpha value is -2.35. The molecular weight excluding hydrogens is 248 g/mol. The van der Waals surface area contributed by atoms with Crippen LogP contribution in [0.15, 0.2) is 18.3 Å². The fourth-order valence-electron chi connectivity index (χ4n) is 1.60. The molecule has 0 saturated heterocycles. The summed E-state index contributed by atoms with van der Waals surface area (Å²) >= 11 is 5.98. The summed E-state index contributed by atoms with van der Waals surface area (Å²) in [5.41, 5.74) is 0.0338. The Kier molecular flexibility index (Phi) is 1.92. The van der Waals surface area contributed by atoms with Gasteiger partial charge in [-0.2, -0.15) is 4.52 Å². The zero-order chi connectivity index (χ0) is 12.0. The van der Waals surface area contributed by atoms with Gasteiger partial charge in [0.1, 0.15) is 5.02 Å². The molecule has 3 rings (SSSR count). The van der Waals surface area contributed by atoms with Crippen LogP contribution in [-0.2, 0) is 0 Å². The molecule has 0 aliphatic rings. The number of rotatable bonds is 1. The number of fused-ring (bicyclic) bond motifs is 3. The number of hydrogen-bond acceptors (Lipinski definition) is 6. The van der Waals surface area contributed by atoms with Crippen molar-refractivity contribution in [2.75, 3.05) is 0 Å². The smallest absolute Gasteiger partial charge is 0.258 e. The van der Waals surface area contributed by atoms with E-state index in [0.29, 0.717) is 11.0 Å². The first-order valence-corrected chi connectivity index (χ1v) is 4.86. The van der Waals surface area contributed by atoms with E-state index < -0.39 is 4.92 Å². The maximum Gasteiger partial charge on any atom is 0.334 e. The van der Waals surface area contributed by atoms with Crippen molar-refractivity contribution in [1.29, 1.82) is 0 Å². The van der Waals surface area contributed by atoms with Gasteiger partial charge in [-0.3, -0.25) is 10.1 Å². The first-order valence-electron chi connectivity index (χ1n) is 4.49. The number of pyridine rings is 2. The SMILES string of the molecule is O=[N+]([O-])c1c(Cl)c2cccnc2n2nnnc12. The highest BCUT2D eigenvalue weighted by Gasteiger charge is 2.25. The largest absolute Gasteiger partial charge is 0.334 e. The molecule has 0 aromatic carbocycles. The number of aromatic nitrogens is 5. The first kappa shape index (κ1) is 9.85. The lowest BCUT2D eigenvalue weighted by Crippen LogP contribution is -2.00. The second-order valence-electron chi connectivity index (χ2n) is 3.21. The van der Waals surface area contributed by atoms with E-state index in [9.17, 15) is 10.1 Å². The molecule has 9 heteroatoms. The van der Waals surface area contributed by atoms with E-state index in [-0.39, 0.29) is 16.4 Å². The second-order valence-corrected chi connectivity index (χ2v) is 3.59.